The van der Waals surface area contributed by atoms with E-state index in [1.165, 1.54) is 4.90 Å². The molecule has 3 nitrogen and oxygen atoms in total. The first-order chi connectivity index (χ1) is 13.2. The summed E-state index contributed by atoms with van der Waals surface area (Å²) in [7, 11) is 0. The van der Waals surface area contributed by atoms with Crippen LogP contribution in [0.3, 0.4) is 0 Å². The van der Waals surface area contributed by atoms with Crippen molar-refractivity contribution >= 4 is 28.4 Å². The van der Waals surface area contributed by atoms with Crippen LogP contribution in [-0.4, -0.2) is 30.4 Å². The smallest absolute Gasteiger partial charge is 0.251 e. The number of benzene rings is 3. The summed E-state index contributed by atoms with van der Waals surface area (Å²) in [6.45, 7) is 2.12. The van der Waals surface area contributed by atoms with Crippen LogP contribution < -0.4 is 5.32 Å². The predicted octanol–water partition coefficient (Wildman–Crippen LogP) is 4.91. The molecule has 1 N–H and O–H groups in total. The van der Waals surface area contributed by atoms with Gasteiger partial charge in [-0.3, -0.25) is 4.79 Å². The van der Waals surface area contributed by atoms with E-state index in [1.54, 1.807) is 0 Å². The maximum absolute atomic E-state index is 12.8. The van der Waals surface area contributed by atoms with E-state index in [0.717, 1.165) is 36.8 Å². The van der Waals surface area contributed by atoms with Crippen LogP contribution in [0.5, 0.6) is 0 Å². The van der Waals surface area contributed by atoms with Gasteiger partial charge in [0.25, 0.3) is 5.91 Å². The second-order valence-electron chi connectivity index (χ2n) is 6.96. The first-order valence-corrected chi connectivity index (χ1v) is 10.1. The van der Waals surface area contributed by atoms with Crippen molar-refractivity contribution in [2.24, 2.45) is 0 Å². The van der Waals surface area contributed by atoms with Gasteiger partial charge in [0.1, 0.15) is 0 Å². The molecule has 3 aromatic rings. The minimum absolute atomic E-state index is 0.0136. The van der Waals surface area contributed by atoms with E-state index >= 15 is 0 Å². The van der Waals surface area contributed by atoms with Crippen LogP contribution in [0.1, 0.15) is 23.2 Å². The van der Waals surface area contributed by atoms with Crippen LogP contribution in [0.2, 0.25) is 0 Å². The molecule has 4 heteroatoms. The number of carbonyl (C=O) groups excluding carboxylic acids is 1. The predicted molar refractivity (Wildman–Crippen MR) is 111 cm³/mol. The molecule has 0 aromatic heterocycles. The zero-order chi connectivity index (χ0) is 18.5. The molecule has 1 aliphatic rings. The number of hydrogen-bond donors (Lipinski definition) is 1. The molecule has 0 saturated carbocycles. The van der Waals surface area contributed by atoms with Crippen LogP contribution in [0.25, 0.3) is 10.8 Å². The quantitative estimate of drug-likeness (QED) is 0.686. The third kappa shape index (κ3) is 4.34. The van der Waals surface area contributed by atoms with Crippen molar-refractivity contribution in [3.05, 3.63) is 78.4 Å². The number of thioether (sulfide) groups is 1. The summed E-state index contributed by atoms with van der Waals surface area (Å²) in [5.74, 6) is -0.0136. The molecule has 138 valence electrons. The van der Waals surface area contributed by atoms with Crippen molar-refractivity contribution in [2.75, 3.05) is 19.8 Å². The van der Waals surface area contributed by atoms with Crippen molar-refractivity contribution in [3.8, 4) is 0 Å². The standard InChI is InChI=1S/C23H23NO2S/c25-22(20-11-10-18-6-4-5-7-19(18)16-20)24-17-23(12-14-26-15-13-23)27-21-8-2-1-3-9-21/h1-11,16H,12-15,17H2,(H,24,25). The first-order valence-electron chi connectivity index (χ1n) is 9.33. The molecule has 27 heavy (non-hydrogen) atoms. The number of carbonyl (C=O) groups is 1. The maximum Gasteiger partial charge on any atom is 0.251 e. The normalized spacial score (nSPS) is 16.1. The number of hydrogen-bond acceptors (Lipinski definition) is 3. The molecule has 1 amide bonds. The van der Waals surface area contributed by atoms with E-state index in [9.17, 15) is 4.79 Å². The summed E-state index contributed by atoms with van der Waals surface area (Å²) >= 11 is 1.86. The summed E-state index contributed by atoms with van der Waals surface area (Å²) in [4.78, 5) is 14.0. The maximum atomic E-state index is 12.8. The Balaban J connectivity index is 1.48. The molecule has 0 aliphatic carbocycles. The summed E-state index contributed by atoms with van der Waals surface area (Å²) in [5, 5.41) is 5.41. The fraction of sp³-hybridized carbons (Fsp3) is 0.261. The van der Waals surface area contributed by atoms with Gasteiger partial charge in [-0.2, -0.15) is 0 Å². The Bertz CT molecular complexity index is 920. The largest absolute Gasteiger partial charge is 0.381 e. The SMILES string of the molecule is O=C(NCC1(Sc2ccccc2)CCOCC1)c1ccc2ccccc2c1. The van der Waals surface area contributed by atoms with Gasteiger partial charge in [-0.05, 0) is 47.9 Å². The lowest BCUT2D eigenvalue weighted by molar-refractivity contribution is 0.0741. The molecule has 1 aliphatic heterocycles. The third-order valence-corrected chi connectivity index (χ3v) is 6.56. The zero-order valence-corrected chi connectivity index (χ0v) is 16.0. The molecule has 0 bridgehead atoms. The molecule has 1 heterocycles. The molecule has 0 radical (unpaired) electrons. The van der Waals surface area contributed by atoms with Gasteiger partial charge in [-0.25, -0.2) is 0 Å². The summed E-state index contributed by atoms with van der Waals surface area (Å²) in [5.41, 5.74) is 0.709. The van der Waals surface area contributed by atoms with E-state index in [4.69, 9.17) is 4.74 Å². The van der Waals surface area contributed by atoms with Crippen LogP contribution in [-0.2, 0) is 4.74 Å². The van der Waals surface area contributed by atoms with Crippen molar-refractivity contribution < 1.29 is 9.53 Å². The highest BCUT2D eigenvalue weighted by atomic mass is 32.2. The van der Waals surface area contributed by atoms with Gasteiger partial charge in [0.2, 0.25) is 0 Å². The number of ether oxygens (including phenoxy) is 1. The summed E-state index contributed by atoms with van der Waals surface area (Å²) in [6, 6.07) is 24.4. The molecule has 1 fully saturated rings. The lowest BCUT2D eigenvalue weighted by Crippen LogP contribution is -2.44. The van der Waals surface area contributed by atoms with Crippen molar-refractivity contribution in [1.82, 2.24) is 5.32 Å². The second kappa shape index (κ2) is 8.15. The number of amides is 1. The van der Waals surface area contributed by atoms with Crippen LogP contribution >= 0.6 is 11.8 Å². The van der Waals surface area contributed by atoms with Crippen LogP contribution in [0.4, 0.5) is 0 Å². The van der Waals surface area contributed by atoms with Gasteiger partial charge in [0.05, 0.1) is 0 Å². The van der Waals surface area contributed by atoms with Gasteiger partial charge in [0, 0.05) is 35.0 Å². The lowest BCUT2D eigenvalue weighted by atomic mass is 9.98. The summed E-state index contributed by atoms with van der Waals surface area (Å²) in [6.07, 6.45) is 1.87. The number of fused-ring (bicyclic) bond motifs is 1. The molecule has 1 saturated heterocycles. The molecule has 0 atom stereocenters. The minimum Gasteiger partial charge on any atom is -0.381 e. The van der Waals surface area contributed by atoms with Crippen molar-refractivity contribution in [3.63, 3.8) is 0 Å². The zero-order valence-electron chi connectivity index (χ0n) is 15.2. The lowest BCUT2D eigenvalue weighted by Gasteiger charge is -2.36. The first kappa shape index (κ1) is 18.1. The van der Waals surface area contributed by atoms with Gasteiger partial charge in [-0.15, -0.1) is 11.8 Å². The topological polar surface area (TPSA) is 38.3 Å². The Morgan fingerprint density at radius 1 is 0.926 bits per heavy atom. The highest BCUT2D eigenvalue weighted by molar-refractivity contribution is 8.00. The van der Waals surface area contributed by atoms with Gasteiger partial charge >= 0.3 is 0 Å². The van der Waals surface area contributed by atoms with Crippen LogP contribution in [0, 0.1) is 0 Å². The van der Waals surface area contributed by atoms with E-state index in [-0.39, 0.29) is 10.7 Å². The average Bonchev–Trinajstić information content (AvgIpc) is 2.73. The minimum atomic E-state index is -0.0217. The molecular formula is C23H23NO2S. The van der Waals surface area contributed by atoms with Crippen molar-refractivity contribution in [1.29, 1.82) is 0 Å². The fourth-order valence-corrected chi connectivity index (χ4v) is 4.78. The molecule has 0 unspecified atom stereocenters. The Labute approximate surface area is 164 Å². The third-order valence-electron chi connectivity index (χ3n) is 5.06. The number of nitrogens with one attached hydrogen (secondary N) is 1. The van der Waals surface area contributed by atoms with Crippen molar-refractivity contribution in [2.45, 2.75) is 22.5 Å². The number of rotatable bonds is 5. The van der Waals surface area contributed by atoms with Crippen LogP contribution in [0.15, 0.2) is 77.7 Å². The van der Waals surface area contributed by atoms with E-state index in [1.807, 2.05) is 54.2 Å². The van der Waals surface area contributed by atoms with E-state index in [0.29, 0.717) is 12.1 Å². The van der Waals surface area contributed by atoms with Gasteiger partial charge in [0.15, 0.2) is 0 Å². The Morgan fingerprint density at radius 3 is 2.41 bits per heavy atom. The molecule has 0 spiro atoms. The highest BCUT2D eigenvalue weighted by Crippen LogP contribution is 2.40. The van der Waals surface area contributed by atoms with E-state index < -0.39 is 0 Å². The van der Waals surface area contributed by atoms with E-state index in [2.05, 4.69) is 35.6 Å². The Kier molecular flexibility index (Phi) is 5.46. The molecule has 4 rings (SSSR count). The molecular weight excluding hydrogens is 354 g/mol. The fourth-order valence-electron chi connectivity index (χ4n) is 3.47. The average molecular weight is 378 g/mol. The summed E-state index contributed by atoms with van der Waals surface area (Å²) < 4.78 is 5.55. The Morgan fingerprint density at radius 2 is 1.63 bits per heavy atom. The second-order valence-corrected chi connectivity index (χ2v) is 8.50. The van der Waals surface area contributed by atoms with Gasteiger partial charge in [-0.1, -0.05) is 48.5 Å². The van der Waals surface area contributed by atoms with Gasteiger partial charge < -0.3 is 10.1 Å². The monoisotopic (exact) mass is 377 g/mol. The highest BCUT2D eigenvalue weighted by Gasteiger charge is 2.34. The Hall–Kier alpha value is -2.30. The molecule has 3 aromatic carbocycles.